The number of halogens is 2. The van der Waals surface area contributed by atoms with Gasteiger partial charge in [0.2, 0.25) is 0 Å². The van der Waals surface area contributed by atoms with Gasteiger partial charge in [0.05, 0.1) is 22.1 Å². The van der Waals surface area contributed by atoms with Crippen LogP contribution in [0.4, 0.5) is 4.39 Å². The molecule has 0 radical (unpaired) electrons. The molecule has 0 saturated carbocycles. The van der Waals surface area contributed by atoms with Crippen molar-refractivity contribution in [3.8, 4) is 5.69 Å². The third-order valence-electron chi connectivity index (χ3n) is 4.05. The number of benzene rings is 1. The maximum Gasteiger partial charge on any atom is 0.339 e. The van der Waals surface area contributed by atoms with Crippen LogP contribution < -0.4 is 0 Å². The molecule has 0 saturated heterocycles. The highest BCUT2D eigenvalue weighted by atomic mass is 35.5. The molecular formula is C19H24ClFN2O2. The molecule has 0 aliphatic carbocycles. The maximum absolute atomic E-state index is 13.4. The Labute approximate surface area is 152 Å². The van der Waals surface area contributed by atoms with E-state index >= 15 is 0 Å². The summed E-state index contributed by atoms with van der Waals surface area (Å²) in [6.07, 6.45) is 1.53. The maximum atomic E-state index is 13.4. The van der Waals surface area contributed by atoms with Gasteiger partial charge in [-0.1, -0.05) is 39.3 Å². The Morgan fingerprint density at radius 1 is 1.40 bits per heavy atom. The molecule has 1 atom stereocenters. The Morgan fingerprint density at radius 3 is 2.56 bits per heavy atom. The molecule has 0 amide bonds. The largest absolute Gasteiger partial charge is 0.478 e. The van der Waals surface area contributed by atoms with Gasteiger partial charge in [0.25, 0.3) is 0 Å². The van der Waals surface area contributed by atoms with Crippen LogP contribution in [0.3, 0.4) is 0 Å². The molecule has 0 aliphatic heterocycles. The van der Waals surface area contributed by atoms with E-state index in [9.17, 15) is 14.3 Å². The number of rotatable bonds is 5. The van der Waals surface area contributed by atoms with Crippen LogP contribution in [0, 0.1) is 24.1 Å². The van der Waals surface area contributed by atoms with Crippen LogP contribution in [0.2, 0.25) is 5.02 Å². The number of aromatic nitrogens is 2. The molecule has 1 aromatic carbocycles. The van der Waals surface area contributed by atoms with E-state index in [1.807, 2.05) is 0 Å². The summed E-state index contributed by atoms with van der Waals surface area (Å²) >= 11 is 5.85. The minimum atomic E-state index is -1.00. The molecule has 1 unspecified atom stereocenters. The highest BCUT2D eigenvalue weighted by Gasteiger charge is 2.24. The number of hydrogen-bond donors (Lipinski definition) is 1. The fourth-order valence-corrected chi connectivity index (χ4v) is 3.47. The molecule has 2 rings (SSSR count). The summed E-state index contributed by atoms with van der Waals surface area (Å²) < 4.78 is 14.9. The second kappa shape index (κ2) is 7.16. The fraction of sp³-hybridized carbons (Fsp3) is 0.474. The molecule has 136 valence electrons. The van der Waals surface area contributed by atoms with Crippen molar-refractivity contribution in [1.29, 1.82) is 0 Å². The van der Waals surface area contributed by atoms with Gasteiger partial charge >= 0.3 is 5.97 Å². The van der Waals surface area contributed by atoms with E-state index in [1.165, 1.54) is 22.9 Å². The average molecular weight is 367 g/mol. The predicted molar refractivity (Wildman–Crippen MR) is 97.2 cm³/mol. The zero-order valence-electron chi connectivity index (χ0n) is 15.2. The van der Waals surface area contributed by atoms with Crippen molar-refractivity contribution in [2.45, 2.75) is 47.5 Å². The quantitative estimate of drug-likeness (QED) is 0.782. The van der Waals surface area contributed by atoms with Crippen LogP contribution in [0.25, 0.3) is 5.69 Å². The van der Waals surface area contributed by atoms with Crippen molar-refractivity contribution in [2.24, 2.45) is 11.3 Å². The molecule has 1 N–H and O–H groups in total. The van der Waals surface area contributed by atoms with Gasteiger partial charge in [0.1, 0.15) is 11.4 Å². The Hall–Kier alpha value is -1.88. The standard InChI is InChI=1S/C19H24ClFN2O2/c1-11(10-19(3,4)5)8-16-17(18(24)25)12(2)23(22-16)13-6-7-15(21)14(20)9-13/h6-7,9,11H,8,10H2,1-5H3,(H,24,25). The monoisotopic (exact) mass is 366 g/mol. The summed E-state index contributed by atoms with van der Waals surface area (Å²) in [6, 6.07) is 4.24. The van der Waals surface area contributed by atoms with Crippen LogP contribution in [-0.4, -0.2) is 20.9 Å². The SMILES string of the molecule is Cc1c(C(=O)O)c(CC(C)CC(C)(C)C)nn1-c1ccc(F)c(Cl)c1. The number of aromatic carboxylic acids is 1. The number of hydrogen-bond acceptors (Lipinski definition) is 2. The number of nitrogens with zero attached hydrogens (tertiary/aromatic N) is 2. The first-order valence-corrected chi connectivity index (χ1v) is 8.64. The topological polar surface area (TPSA) is 55.1 Å². The zero-order valence-corrected chi connectivity index (χ0v) is 16.0. The van der Waals surface area contributed by atoms with Gasteiger partial charge in [-0.05, 0) is 49.3 Å². The van der Waals surface area contributed by atoms with Crippen molar-refractivity contribution >= 4 is 17.6 Å². The average Bonchev–Trinajstić information content (AvgIpc) is 2.76. The van der Waals surface area contributed by atoms with Crippen molar-refractivity contribution in [3.63, 3.8) is 0 Å². The van der Waals surface area contributed by atoms with Gasteiger partial charge in [-0.25, -0.2) is 13.9 Å². The predicted octanol–water partition coefficient (Wildman–Crippen LogP) is 5.29. The highest BCUT2D eigenvalue weighted by molar-refractivity contribution is 6.30. The summed E-state index contributed by atoms with van der Waals surface area (Å²) in [7, 11) is 0. The van der Waals surface area contributed by atoms with E-state index < -0.39 is 11.8 Å². The lowest BCUT2D eigenvalue weighted by atomic mass is 9.83. The van der Waals surface area contributed by atoms with Crippen molar-refractivity contribution < 1.29 is 14.3 Å². The van der Waals surface area contributed by atoms with E-state index in [0.29, 0.717) is 23.5 Å². The molecule has 0 spiro atoms. The molecule has 1 aromatic heterocycles. The minimum absolute atomic E-state index is 0.0214. The van der Waals surface area contributed by atoms with Gasteiger partial charge in [0.15, 0.2) is 0 Å². The first-order valence-electron chi connectivity index (χ1n) is 8.27. The summed E-state index contributed by atoms with van der Waals surface area (Å²) in [5.41, 5.74) is 1.96. The number of carbonyl (C=O) groups is 1. The molecule has 0 aliphatic rings. The Bertz CT molecular complexity index is 793. The summed E-state index contributed by atoms with van der Waals surface area (Å²) in [5.74, 6) is -1.24. The molecule has 4 nitrogen and oxygen atoms in total. The molecule has 2 aromatic rings. The zero-order chi connectivity index (χ0) is 18.9. The van der Waals surface area contributed by atoms with Crippen LogP contribution in [0.1, 0.15) is 55.9 Å². The van der Waals surface area contributed by atoms with Crippen molar-refractivity contribution in [2.75, 3.05) is 0 Å². The van der Waals surface area contributed by atoms with Gasteiger partial charge in [-0.2, -0.15) is 5.10 Å². The van der Waals surface area contributed by atoms with Crippen LogP contribution in [0.5, 0.6) is 0 Å². The fourth-order valence-electron chi connectivity index (χ4n) is 3.30. The molecule has 6 heteroatoms. The lowest BCUT2D eigenvalue weighted by Crippen LogP contribution is -2.14. The first-order chi connectivity index (χ1) is 11.5. The molecule has 0 fully saturated rings. The van der Waals surface area contributed by atoms with E-state index in [2.05, 4.69) is 32.8 Å². The van der Waals surface area contributed by atoms with Crippen molar-refractivity contribution in [1.82, 2.24) is 9.78 Å². The summed E-state index contributed by atoms with van der Waals surface area (Å²) in [6.45, 7) is 10.3. The lowest BCUT2D eigenvalue weighted by Gasteiger charge is -2.22. The normalized spacial score (nSPS) is 13.1. The summed E-state index contributed by atoms with van der Waals surface area (Å²) in [4.78, 5) is 11.7. The Kier molecular flexibility index (Phi) is 5.57. The number of carboxylic acid groups (broad SMARTS) is 1. The van der Waals surface area contributed by atoms with Gasteiger partial charge in [-0.15, -0.1) is 0 Å². The number of carboxylic acids is 1. The Morgan fingerprint density at radius 2 is 2.04 bits per heavy atom. The van der Waals surface area contributed by atoms with E-state index in [0.717, 1.165) is 6.42 Å². The van der Waals surface area contributed by atoms with Gasteiger partial charge < -0.3 is 5.11 Å². The van der Waals surface area contributed by atoms with E-state index in [-0.39, 0.29) is 21.9 Å². The third-order valence-corrected chi connectivity index (χ3v) is 4.34. The van der Waals surface area contributed by atoms with Gasteiger partial charge in [-0.3, -0.25) is 0 Å². The smallest absolute Gasteiger partial charge is 0.339 e. The second-order valence-corrected chi connectivity index (χ2v) is 8.20. The van der Waals surface area contributed by atoms with Crippen LogP contribution in [0.15, 0.2) is 18.2 Å². The molecule has 1 heterocycles. The minimum Gasteiger partial charge on any atom is -0.478 e. The second-order valence-electron chi connectivity index (χ2n) is 7.80. The van der Waals surface area contributed by atoms with Crippen LogP contribution in [-0.2, 0) is 6.42 Å². The molecule has 25 heavy (non-hydrogen) atoms. The Balaban J connectivity index is 2.44. The van der Waals surface area contributed by atoms with E-state index in [4.69, 9.17) is 11.6 Å². The molecular weight excluding hydrogens is 343 g/mol. The first kappa shape index (κ1) is 19.4. The highest BCUT2D eigenvalue weighted by Crippen LogP contribution is 2.29. The van der Waals surface area contributed by atoms with Gasteiger partial charge in [0, 0.05) is 0 Å². The van der Waals surface area contributed by atoms with E-state index in [1.54, 1.807) is 6.92 Å². The summed E-state index contributed by atoms with van der Waals surface area (Å²) in [5, 5.41) is 14.1. The lowest BCUT2D eigenvalue weighted by molar-refractivity contribution is 0.0694. The third kappa shape index (κ3) is 4.60. The van der Waals surface area contributed by atoms with Crippen LogP contribution >= 0.6 is 11.6 Å². The molecule has 0 bridgehead atoms. The van der Waals surface area contributed by atoms with Crippen molar-refractivity contribution in [3.05, 3.63) is 46.0 Å².